The van der Waals surface area contributed by atoms with E-state index in [1.165, 1.54) is 0 Å². The molecule has 0 saturated heterocycles. The normalized spacial score (nSPS) is 17.5. The molecule has 7 heteroatoms. The summed E-state index contributed by atoms with van der Waals surface area (Å²) < 4.78 is 2.04. The number of aromatic nitrogens is 4. The highest BCUT2D eigenvalue weighted by Crippen LogP contribution is 2.27. The molecule has 1 atom stereocenters. The average Bonchev–Trinajstić information content (AvgIpc) is 2.93. The van der Waals surface area contributed by atoms with E-state index in [9.17, 15) is 4.79 Å². The summed E-state index contributed by atoms with van der Waals surface area (Å²) in [5.74, 6) is 1.43. The minimum Gasteiger partial charge on any atom is -0.348 e. The van der Waals surface area contributed by atoms with Crippen LogP contribution in [0.15, 0.2) is 24.7 Å². The van der Waals surface area contributed by atoms with Crippen LogP contribution < -0.4 is 10.2 Å². The number of carbonyl (C=O) groups excluding carboxylic acids is 1. The van der Waals surface area contributed by atoms with Gasteiger partial charge < -0.3 is 14.8 Å². The van der Waals surface area contributed by atoms with Crippen molar-refractivity contribution < 1.29 is 4.79 Å². The topological polar surface area (TPSA) is 75.9 Å². The molecule has 116 valence electrons. The number of hydrogen-bond donors (Lipinski definition) is 1. The zero-order valence-corrected chi connectivity index (χ0v) is 13.0. The first kappa shape index (κ1) is 14.5. The van der Waals surface area contributed by atoms with Crippen molar-refractivity contribution in [3.63, 3.8) is 0 Å². The molecule has 2 aromatic heterocycles. The number of hydrogen-bond acceptors (Lipinski definition) is 5. The first-order valence-electron chi connectivity index (χ1n) is 7.48. The minimum atomic E-state index is -0.133. The van der Waals surface area contributed by atoms with Crippen LogP contribution in [0.25, 0.3) is 0 Å². The Morgan fingerprint density at radius 1 is 1.32 bits per heavy atom. The second kappa shape index (κ2) is 5.75. The van der Waals surface area contributed by atoms with Crippen molar-refractivity contribution in [1.82, 2.24) is 24.8 Å². The number of imidazole rings is 1. The van der Waals surface area contributed by atoms with Crippen molar-refractivity contribution >= 4 is 11.9 Å². The van der Waals surface area contributed by atoms with E-state index in [2.05, 4.69) is 32.1 Å². The largest absolute Gasteiger partial charge is 0.348 e. The van der Waals surface area contributed by atoms with Gasteiger partial charge in [0.25, 0.3) is 5.91 Å². The van der Waals surface area contributed by atoms with Gasteiger partial charge in [0.05, 0.1) is 6.04 Å². The molecule has 1 aliphatic rings. The first-order valence-corrected chi connectivity index (χ1v) is 7.48. The van der Waals surface area contributed by atoms with E-state index in [-0.39, 0.29) is 18.0 Å². The van der Waals surface area contributed by atoms with E-state index >= 15 is 0 Å². The van der Waals surface area contributed by atoms with Gasteiger partial charge in [0.1, 0.15) is 11.5 Å². The quantitative estimate of drug-likeness (QED) is 0.927. The lowest BCUT2D eigenvalue weighted by Gasteiger charge is -2.33. The first-order chi connectivity index (χ1) is 10.6. The van der Waals surface area contributed by atoms with Crippen LogP contribution in [0, 0.1) is 0 Å². The predicted octanol–water partition coefficient (Wildman–Crippen LogP) is 1.39. The fourth-order valence-electron chi connectivity index (χ4n) is 2.65. The monoisotopic (exact) mass is 300 g/mol. The van der Waals surface area contributed by atoms with Crippen LogP contribution in [0.3, 0.4) is 0 Å². The summed E-state index contributed by atoms with van der Waals surface area (Å²) >= 11 is 0. The number of nitrogens with one attached hydrogen (secondary N) is 1. The molecule has 22 heavy (non-hydrogen) atoms. The van der Waals surface area contributed by atoms with Gasteiger partial charge in [0.15, 0.2) is 0 Å². The maximum Gasteiger partial charge on any atom is 0.271 e. The molecule has 0 spiro atoms. The molecule has 1 aliphatic heterocycles. The van der Waals surface area contributed by atoms with Crippen LogP contribution in [0.1, 0.15) is 43.1 Å². The molecule has 1 N–H and O–H groups in total. The van der Waals surface area contributed by atoms with Gasteiger partial charge in [-0.05, 0) is 26.8 Å². The van der Waals surface area contributed by atoms with Gasteiger partial charge >= 0.3 is 0 Å². The Hall–Kier alpha value is -2.44. The maximum atomic E-state index is 12.1. The Bertz CT molecular complexity index is 666. The van der Waals surface area contributed by atoms with Crippen LogP contribution in [-0.2, 0) is 6.54 Å². The van der Waals surface area contributed by atoms with Crippen molar-refractivity contribution in [1.29, 1.82) is 0 Å². The zero-order chi connectivity index (χ0) is 15.7. The molecule has 3 rings (SSSR count). The number of amides is 1. The predicted molar refractivity (Wildman–Crippen MR) is 82.6 cm³/mol. The van der Waals surface area contributed by atoms with E-state index in [1.54, 1.807) is 18.5 Å². The highest BCUT2D eigenvalue weighted by Gasteiger charge is 2.29. The zero-order valence-electron chi connectivity index (χ0n) is 13.0. The van der Waals surface area contributed by atoms with Crippen molar-refractivity contribution in [2.45, 2.75) is 39.4 Å². The minimum absolute atomic E-state index is 0.0248. The Kier molecular flexibility index (Phi) is 3.79. The third-order valence-corrected chi connectivity index (χ3v) is 3.69. The number of carbonyl (C=O) groups is 1. The molecular weight excluding hydrogens is 280 g/mol. The lowest BCUT2D eigenvalue weighted by Crippen LogP contribution is -2.37. The van der Waals surface area contributed by atoms with E-state index in [0.29, 0.717) is 11.6 Å². The number of fused-ring (bicyclic) bond motifs is 1. The number of rotatable bonds is 3. The summed E-state index contributed by atoms with van der Waals surface area (Å²) in [6, 6.07) is 1.92. The second-order valence-corrected chi connectivity index (χ2v) is 5.72. The lowest BCUT2D eigenvalue weighted by atomic mass is 10.2. The third kappa shape index (κ3) is 2.66. The van der Waals surface area contributed by atoms with Crippen LogP contribution in [-0.4, -0.2) is 38.0 Å². The molecule has 2 aromatic rings. The highest BCUT2D eigenvalue weighted by atomic mass is 16.2. The van der Waals surface area contributed by atoms with Gasteiger partial charge in [-0.25, -0.2) is 15.0 Å². The van der Waals surface area contributed by atoms with E-state index in [0.717, 1.165) is 18.9 Å². The SMILES string of the molecule is CC(C)NC(=O)c1cn2c(n1)[C@@H](C)N(c1ncccn1)CC2. The summed E-state index contributed by atoms with van der Waals surface area (Å²) in [4.78, 5) is 27.3. The molecule has 0 radical (unpaired) electrons. The second-order valence-electron chi connectivity index (χ2n) is 5.72. The molecule has 0 saturated carbocycles. The van der Waals surface area contributed by atoms with Gasteiger partial charge in [0.2, 0.25) is 5.95 Å². The molecule has 0 fully saturated rings. The van der Waals surface area contributed by atoms with E-state index in [1.807, 2.05) is 24.6 Å². The summed E-state index contributed by atoms with van der Waals surface area (Å²) in [5.41, 5.74) is 0.464. The Morgan fingerprint density at radius 3 is 2.73 bits per heavy atom. The molecule has 0 aliphatic carbocycles. The van der Waals surface area contributed by atoms with Gasteiger partial charge in [-0.3, -0.25) is 4.79 Å². The molecule has 0 unspecified atom stereocenters. The van der Waals surface area contributed by atoms with Crippen LogP contribution in [0.2, 0.25) is 0 Å². The molecule has 0 aromatic carbocycles. The molecular formula is C15H20N6O. The van der Waals surface area contributed by atoms with Crippen LogP contribution >= 0.6 is 0 Å². The van der Waals surface area contributed by atoms with Gasteiger partial charge in [0, 0.05) is 37.7 Å². The molecule has 1 amide bonds. The number of anilines is 1. The summed E-state index contributed by atoms with van der Waals surface area (Å²) in [6.45, 7) is 7.48. The summed E-state index contributed by atoms with van der Waals surface area (Å²) in [7, 11) is 0. The van der Waals surface area contributed by atoms with E-state index < -0.39 is 0 Å². The lowest BCUT2D eigenvalue weighted by molar-refractivity contribution is 0.0938. The Balaban J connectivity index is 1.86. The maximum absolute atomic E-state index is 12.1. The molecule has 7 nitrogen and oxygen atoms in total. The van der Waals surface area contributed by atoms with E-state index in [4.69, 9.17) is 0 Å². The Morgan fingerprint density at radius 2 is 2.05 bits per heavy atom. The Labute approximate surface area is 129 Å². The summed E-state index contributed by atoms with van der Waals surface area (Å²) in [5, 5.41) is 2.87. The van der Waals surface area contributed by atoms with Crippen molar-refractivity contribution in [3.05, 3.63) is 36.2 Å². The fraction of sp³-hybridized carbons (Fsp3) is 0.467. The van der Waals surface area contributed by atoms with Gasteiger partial charge in [-0.1, -0.05) is 0 Å². The number of nitrogens with zero attached hydrogens (tertiary/aromatic N) is 5. The van der Waals surface area contributed by atoms with Crippen molar-refractivity contribution in [2.75, 3.05) is 11.4 Å². The average molecular weight is 300 g/mol. The highest BCUT2D eigenvalue weighted by molar-refractivity contribution is 5.92. The molecule has 0 bridgehead atoms. The summed E-state index contributed by atoms with van der Waals surface area (Å²) in [6.07, 6.45) is 5.29. The van der Waals surface area contributed by atoms with Crippen molar-refractivity contribution in [2.24, 2.45) is 0 Å². The third-order valence-electron chi connectivity index (χ3n) is 3.69. The van der Waals surface area contributed by atoms with Crippen molar-refractivity contribution in [3.8, 4) is 0 Å². The smallest absolute Gasteiger partial charge is 0.271 e. The van der Waals surface area contributed by atoms with Crippen LogP contribution in [0.4, 0.5) is 5.95 Å². The fourth-order valence-corrected chi connectivity index (χ4v) is 2.65. The molecule has 3 heterocycles. The standard InChI is InChI=1S/C15H20N6O/c1-10(2)18-14(22)12-9-20-7-8-21(11(3)13(20)19-12)15-16-5-4-6-17-15/h4-6,9-11H,7-8H2,1-3H3,(H,18,22)/t11-/m1/s1. The van der Waals surface area contributed by atoms with Gasteiger partial charge in [-0.2, -0.15) is 0 Å². The van der Waals surface area contributed by atoms with Gasteiger partial charge in [-0.15, -0.1) is 0 Å². The van der Waals surface area contributed by atoms with Crippen LogP contribution in [0.5, 0.6) is 0 Å².